The van der Waals surface area contributed by atoms with E-state index in [1.165, 1.54) is 11.1 Å². The monoisotopic (exact) mass is 298 g/mol. The molecule has 0 nitrogen and oxygen atoms in total. The summed E-state index contributed by atoms with van der Waals surface area (Å²) in [6.07, 6.45) is 0. The average Bonchev–Trinajstić information content (AvgIpc) is 2.45. The zero-order chi connectivity index (χ0) is 17.1. The first-order valence-electron chi connectivity index (χ1n) is 8.58. The summed E-state index contributed by atoms with van der Waals surface area (Å²) in [5.74, 6) is 0. The first kappa shape index (κ1) is 17.3. The minimum Gasteiger partial charge on any atom is -0.0619 e. The van der Waals surface area contributed by atoms with E-state index in [9.17, 15) is 0 Å². The van der Waals surface area contributed by atoms with Crippen molar-refractivity contribution in [2.45, 2.75) is 80.1 Å². The highest BCUT2D eigenvalue weighted by molar-refractivity contribution is 5.59. The normalized spacial score (nSPS) is 20.0. The van der Waals surface area contributed by atoms with Gasteiger partial charge in [-0.1, -0.05) is 99.1 Å². The first-order valence-corrected chi connectivity index (χ1v) is 8.58. The molecule has 0 fully saturated rings. The molecule has 0 aliphatic heterocycles. The molecule has 0 saturated carbocycles. The van der Waals surface area contributed by atoms with Gasteiger partial charge in [0, 0.05) is 10.8 Å². The van der Waals surface area contributed by atoms with Crippen molar-refractivity contribution in [3.8, 4) is 0 Å². The Morgan fingerprint density at radius 2 is 1.00 bits per heavy atom. The second kappa shape index (κ2) is 4.73. The van der Waals surface area contributed by atoms with E-state index >= 15 is 0 Å². The van der Waals surface area contributed by atoms with Crippen LogP contribution in [0.25, 0.3) is 0 Å². The summed E-state index contributed by atoms with van der Waals surface area (Å²) in [6, 6.07) is 9.03. The van der Waals surface area contributed by atoms with E-state index in [2.05, 4.69) is 93.5 Å². The third-order valence-corrected chi connectivity index (χ3v) is 5.27. The first-order chi connectivity index (χ1) is 9.72. The van der Waals surface area contributed by atoms with Crippen molar-refractivity contribution in [3.05, 3.63) is 46.5 Å². The zero-order valence-electron chi connectivity index (χ0n) is 16.3. The third-order valence-electron chi connectivity index (χ3n) is 5.27. The van der Waals surface area contributed by atoms with Crippen molar-refractivity contribution in [1.82, 2.24) is 0 Å². The van der Waals surface area contributed by atoms with Gasteiger partial charge in [0.1, 0.15) is 0 Å². The maximum absolute atomic E-state index is 2.41. The van der Waals surface area contributed by atoms with Gasteiger partial charge in [0.2, 0.25) is 0 Å². The fourth-order valence-corrected chi connectivity index (χ4v) is 5.12. The number of benzene rings is 1. The molecule has 1 aromatic rings. The average molecular weight is 299 g/mol. The molecule has 22 heavy (non-hydrogen) atoms. The lowest BCUT2D eigenvalue weighted by molar-refractivity contribution is 0.335. The Morgan fingerprint density at radius 1 is 0.682 bits per heavy atom. The molecule has 1 aliphatic rings. The van der Waals surface area contributed by atoms with Crippen LogP contribution in [0.5, 0.6) is 0 Å². The van der Waals surface area contributed by atoms with Gasteiger partial charge < -0.3 is 0 Å². The summed E-state index contributed by atoms with van der Waals surface area (Å²) >= 11 is 0. The summed E-state index contributed by atoms with van der Waals surface area (Å²) in [6.45, 7) is 23.9. The molecule has 0 bridgehead atoms. The fraction of sp³-hybridized carbons (Fsp3) is 0.636. The van der Waals surface area contributed by atoms with Crippen LogP contribution in [0.2, 0.25) is 0 Å². The van der Waals surface area contributed by atoms with E-state index in [1.807, 2.05) is 0 Å². The Hall–Kier alpha value is -1.04. The van der Waals surface area contributed by atoms with Crippen LogP contribution in [0.3, 0.4) is 0 Å². The molecule has 1 aliphatic carbocycles. The Labute approximate surface area is 138 Å². The number of fused-ring (bicyclic) bond motifs is 1. The van der Waals surface area contributed by atoms with Gasteiger partial charge in [-0.2, -0.15) is 0 Å². The van der Waals surface area contributed by atoms with Crippen molar-refractivity contribution in [1.29, 1.82) is 0 Å². The lowest BCUT2D eigenvalue weighted by Gasteiger charge is -2.43. The van der Waals surface area contributed by atoms with Gasteiger partial charge in [-0.25, -0.2) is 0 Å². The number of hydrogen-bond acceptors (Lipinski definition) is 0. The minimum atomic E-state index is 0.0932. The van der Waals surface area contributed by atoms with E-state index in [4.69, 9.17) is 0 Å². The predicted molar refractivity (Wildman–Crippen MR) is 98.4 cm³/mol. The number of hydrogen-bond donors (Lipinski definition) is 0. The summed E-state index contributed by atoms with van der Waals surface area (Å²) in [4.78, 5) is 0. The summed E-state index contributed by atoms with van der Waals surface area (Å²) in [5.41, 5.74) is 6.77. The molecule has 0 radical (unpaired) electrons. The maximum atomic E-state index is 2.41. The standard InChI is InChI=1S/C22H34/c1-19(2,3)17(20(4,5)6)18-21(7,8)15-13-11-12-14-16(15)22(18,9)10/h11-14H,1-10H3. The van der Waals surface area contributed by atoms with Gasteiger partial charge >= 0.3 is 0 Å². The van der Waals surface area contributed by atoms with Crippen LogP contribution in [-0.4, -0.2) is 0 Å². The van der Waals surface area contributed by atoms with Crippen LogP contribution < -0.4 is 0 Å². The van der Waals surface area contributed by atoms with Gasteiger partial charge in [-0.15, -0.1) is 0 Å². The van der Waals surface area contributed by atoms with E-state index in [-0.39, 0.29) is 21.7 Å². The molecule has 0 saturated heterocycles. The second-order valence-corrected chi connectivity index (χ2v) is 10.0. The molecule has 0 heterocycles. The summed E-state index contributed by atoms with van der Waals surface area (Å²) in [5, 5.41) is 0. The molecule has 0 N–H and O–H groups in total. The zero-order valence-corrected chi connectivity index (χ0v) is 16.3. The number of allylic oxidation sites excluding steroid dienone is 2. The lowest BCUT2D eigenvalue weighted by Crippen LogP contribution is -2.34. The van der Waals surface area contributed by atoms with Gasteiger partial charge in [-0.05, 0) is 27.5 Å². The van der Waals surface area contributed by atoms with Gasteiger partial charge in [0.25, 0.3) is 0 Å². The topological polar surface area (TPSA) is 0 Å². The van der Waals surface area contributed by atoms with Gasteiger partial charge in [0.05, 0.1) is 0 Å². The van der Waals surface area contributed by atoms with E-state index in [0.29, 0.717) is 0 Å². The predicted octanol–water partition coefficient (Wildman–Crippen LogP) is 6.64. The van der Waals surface area contributed by atoms with E-state index in [1.54, 1.807) is 11.1 Å². The number of rotatable bonds is 0. The molecule has 1 aromatic carbocycles. The SMILES string of the molecule is CC(C)(C)C(=C1C(C)(C)c2ccccc2C1(C)C)C(C)(C)C. The molecule has 0 heteroatoms. The third kappa shape index (κ3) is 2.45. The van der Waals surface area contributed by atoms with Crippen molar-refractivity contribution < 1.29 is 0 Å². The Kier molecular flexibility index (Phi) is 3.72. The Bertz CT molecular complexity index is 557. The molecule has 0 unspecified atom stereocenters. The molecule has 122 valence electrons. The van der Waals surface area contributed by atoms with Crippen LogP contribution >= 0.6 is 0 Å². The highest BCUT2D eigenvalue weighted by atomic mass is 14.5. The van der Waals surface area contributed by atoms with E-state index in [0.717, 1.165) is 0 Å². The molecular weight excluding hydrogens is 264 g/mol. The highest BCUT2D eigenvalue weighted by Gasteiger charge is 2.50. The van der Waals surface area contributed by atoms with Crippen molar-refractivity contribution >= 4 is 0 Å². The van der Waals surface area contributed by atoms with Crippen molar-refractivity contribution in [3.63, 3.8) is 0 Å². The van der Waals surface area contributed by atoms with E-state index < -0.39 is 0 Å². The molecule has 0 aromatic heterocycles. The fourth-order valence-electron chi connectivity index (χ4n) is 5.12. The van der Waals surface area contributed by atoms with Crippen LogP contribution in [0.15, 0.2) is 35.4 Å². The van der Waals surface area contributed by atoms with Crippen LogP contribution in [-0.2, 0) is 10.8 Å². The van der Waals surface area contributed by atoms with Crippen LogP contribution in [0, 0.1) is 10.8 Å². The smallest absolute Gasteiger partial charge is 0.0120 e. The molecular formula is C22H34. The molecule has 0 amide bonds. The van der Waals surface area contributed by atoms with Crippen LogP contribution in [0.4, 0.5) is 0 Å². The minimum absolute atomic E-state index is 0.0932. The summed E-state index contributed by atoms with van der Waals surface area (Å²) < 4.78 is 0. The maximum Gasteiger partial charge on any atom is 0.0120 e. The van der Waals surface area contributed by atoms with Crippen LogP contribution in [0.1, 0.15) is 80.4 Å². The second-order valence-electron chi connectivity index (χ2n) is 10.0. The van der Waals surface area contributed by atoms with Crippen molar-refractivity contribution in [2.75, 3.05) is 0 Å². The molecule has 0 atom stereocenters. The molecule has 0 spiro atoms. The largest absolute Gasteiger partial charge is 0.0619 e. The highest BCUT2D eigenvalue weighted by Crippen LogP contribution is 2.58. The van der Waals surface area contributed by atoms with Gasteiger partial charge in [0.15, 0.2) is 0 Å². The Balaban J connectivity index is 2.94. The van der Waals surface area contributed by atoms with Gasteiger partial charge in [-0.3, -0.25) is 0 Å². The summed E-state index contributed by atoms with van der Waals surface area (Å²) in [7, 11) is 0. The quantitative estimate of drug-likeness (QED) is 0.471. The lowest BCUT2D eigenvalue weighted by atomic mass is 9.61. The Morgan fingerprint density at radius 3 is 1.27 bits per heavy atom. The molecule has 2 rings (SSSR count). The van der Waals surface area contributed by atoms with Crippen molar-refractivity contribution in [2.24, 2.45) is 10.8 Å².